The van der Waals surface area contributed by atoms with Crippen molar-refractivity contribution in [3.63, 3.8) is 0 Å². The van der Waals surface area contributed by atoms with Crippen LogP contribution >= 0.6 is 19.6 Å². The Labute approximate surface area is 290 Å². The number of thioether (sulfide) groups is 1. The Morgan fingerprint density at radius 1 is 0.700 bits per heavy atom. The number of ether oxygens (including phenoxy) is 2. The van der Waals surface area contributed by atoms with E-state index >= 15 is 0 Å². The predicted molar refractivity (Wildman–Crippen MR) is 146 cm³/mol. The number of phosphoric ester groups is 1. The molecule has 0 bridgehead atoms. The van der Waals surface area contributed by atoms with Crippen molar-refractivity contribution in [1.29, 1.82) is 0 Å². The largest absolute Gasteiger partial charge is 1.00 e. The molecule has 0 fully saturated rings. The van der Waals surface area contributed by atoms with E-state index in [1.165, 1.54) is 37.4 Å². The van der Waals surface area contributed by atoms with Gasteiger partial charge in [0.2, 0.25) is 0 Å². The molecule has 9 nitrogen and oxygen atoms in total. The Hall–Kier alpha value is 1.07. The van der Waals surface area contributed by atoms with Crippen molar-refractivity contribution in [3.8, 4) is 0 Å². The summed E-state index contributed by atoms with van der Waals surface area (Å²) in [5.41, 5.74) is 0. The summed E-state index contributed by atoms with van der Waals surface area (Å²) in [5.74, 6) is -0.120. The average molecular weight is 627 g/mol. The van der Waals surface area contributed by atoms with Gasteiger partial charge in [-0.2, -0.15) is 0 Å². The molecular formula is C27H49Na2O9PS. The van der Waals surface area contributed by atoms with E-state index < -0.39 is 32.5 Å². The molecule has 0 aliphatic heterocycles. The van der Waals surface area contributed by atoms with Crippen LogP contribution < -0.4 is 68.9 Å². The second kappa shape index (κ2) is 31.5. The number of phosphoric acid groups is 1. The summed E-state index contributed by atoms with van der Waals surface area (Å²) in [6, 6.07) is 0. The van der Waals surface area contributed by atoms with Crippen molar-refractivity contribution in [3.05, 3.63) is 0 Å². The van der Waals surface area contributed by atoms with Gasteiger partial charge in [0.05, 0.1) is 14.4 Å². The predicted octanol–water partition coefficient (Wildman–Crippen LogP) is -0.384. The molecular weight excluding hydrogens is 577 g/mol. The number of carbonyl (C=O) groups excluding carboxylic acids is 3. The Balaban J connectivity index is -0.00000684. The number of unbranched alkanes of at least 4 members (excludes halogenated alkanes) is 14. The van der Waals surface area contributed by atoms with Crippen LogP contribution in [0.2, 0.25) is 0 Å². The molecule has 224 valence electrons. The maximum Gasteiger partial charge on any atom is 1.00 e. The number of rotatable bonds is 26. The zero-order chi connectivity index (χ0) is 28.5. The van der Waals surface area contributed by atoms with Crippen LogP contribution in [0.1, 0.15) is 129 Å². The van der Waals surface area contributed by atoms with Crippen molar-refractivity contribution in [1.82, 2.24) is 0 Å². The number of hydrogen-bond acceptors (Lipinski definition) is 10. The van der Waals surface area contributed by atoms with Crippen LogP contribution in [0.4, 0.5) is 0 Å². The van der Waals surface area contributed by atoms with Crippen molar-refractivity contribution in [2.75, 3.05) is 19.0 Å². The van der Waals surface area contributed by atoms with Gasteiger partial charge in [-0.1, -0.05) is 102 Å². The molecule has 40 heavy (non-hydrogen) atoms. The SMILES string of the molecule is CCCCCCCCCCC(=O)O[C@@H](COC(=O)CCCCCCCCCCSC(C)=O)COP(=O)([O-])[O-].[Na+].[Na+]. The second-order valence-electron chi connectivity index (χ2n) is 9.68. The van der Waals surface area contributed by atoms with Gasteiger partial charge in [-0.05, 0) is 19.3 Å². The van der Waals surface area contributed by atoms with E-state index in [0.717, 1.165) is 70.0 Å². The van der Waals surface area contributed by atoms with E-state index in [2.05, 4.69) is 11.4 Å². The van der Waals surface area contributed by atoms with Gasteiger partial charge in [-0.25, -0.2) is 0 Å². The third-order valence-corrected chi connectivity index (χ3v) is 7.33. The molecule has 0 rings (SSSR count). The molecule has 0 heterocycles. The third kappa shape index (κ3) is 35.3. The quantitative estimate of drug-likeness (QED) is 0.0540. The molecule has 0 saturated carbocycles. The topological polar surface area (TPSA) is 142 Å². The molecule has 0 aromatic carbocycles. The van der Waals surface area contributed by atoms with Crippen LogP contribution in [0.25, 0.3) is 0 Å². The molecule has 13 heteroatoms. The maximum absolute atomic E-state index is 12.1. The van der Waals surface area contributed by atoms with E-state index in [1.807, 2.05) is 0 Å². The number of esters is 2. The van der Waals surface area contributed by atoms with E-state index in [4.69, 9.17) is 9.47 Å². The van der Waals surface area contributed by atoms with Gasteiger partial charge in [-0.3, -0.25) is 14.4 Å². The first-order valence-electron chi connectivity index (χ1n) is 14.3. The molecule has 0 saturated heterocycles. The van der Waals surface area contributed by atoms with Crippen LogP contribution in [-0.2, 0) is 32.9 Å². The monoisotopic (exact) mass is 626 g/mol. The molecule has 0 aliphatic rings. The summed E-state index contributed by atoms with van der Waals surface area (Å²) in [4.78, 5) is 56.7. The summed E-state index contributed by atoms with van der Waals surface area (Å²) >= 11 is 1.37. The van der Waals surface area contributed by atoms with Gasteiger partial charge in [0.25, 0.3) is 0 Å². The van der Waals surface area contributed by atoms with Gasteiger partial charge in [0, 0.05) is 25.5 Å². The van der Waals surface area contributed by atoms with E-state index in [-0.39, 0.29) is 83.7 Å². The molecule has 0 amide bonds. The second-order valence-corrected chi connectivity index (χ2v) is 12.1. The Morgan fingerprint density at radius 3 is 1.62 bits per heavy atom. The van der Waals surface area contributed by atoms with Gasteiger partial charge in [0.15, 0.2) is 11.2 Å². The van der Waals surface area contributed by atoms with Crippen LogP contribution in [0.5, 0.6) is 0 Å². The summed E-state index contributed by atoms with van der Waals surface area (Å²) < 4.78 is 25.4. The van der Waals surface area contributed by atoms with Crippen LogP contribution in [-0.4, -0.2) is 42.1 Å². The van der Waals surface area contributed by atoms with Gasteiger partial charge < -0.3 is 28.3 Å². The van der Waals surface area contributed by atoms with Crippen LogP contribution in [0.3, 0.4) is 0 Å². The molecule has 0 spiro atoms. The fourth-order valence-corrected chi connectivity index (χ4v) is 4.83. The molecule has 1 atom stereocenters. The van der Waals surface area contributed by atoms with Crippen molar-refractivity contribution < 1.29 is 102 Å². The van der Waals surface area contributed by atoms with Gasteiger partial charge in [0.1, 0.15) is 6.61 Å². The smallest absolute Gasteiger partial charge is 0.790 e. The van der Waals surface area contributed by atoms with Crippen molar-refractivity contribution in [2.45, 2.75) is 136 Å². The molecule has 0 aromatic rings. The fraction of sp³-hybridized carbons (Fsp3) is 0.889. The Kier molecular flexibility index (Phi) is 35.8. The van der Waals surface area contributed by atoms with E-state index in [1.54, 1.807) is 6.92 Å². The van der Waals surface area contributed by atoms with Crippen molar-refractivity contribution >= 4 is 36.6 Å². The average Bonchev–Trinajstić information content (AvgIpc) is 2.85. The summed E-state index contributed by atoms with van der Waals surface area (Å²) in [6.07, 6.45) is 15.9. The first-order valence-corrected chi connectivity index (χ1v) is 16.7. The van der Waals surface area contributed by atoms with E-state index in [0.29, 0.717) is 12.8 Å². The molecule has 0 N–H and O–H groups in total. The zero-order valence-corrected chi connectivity index (χ0v) is 31.2. The van der Waals surface area contributed by atoms with Crippen LogP contribution in [0, 0.1) is 0 Å². The van der Waals surface area contributed by atoms with Gasteiger partial charge >= 0.3 is 71.1 Å². The van der Waals surface area contributed by atoms with Crippen LogP contribution in [0.15, 0.2) is 0 Å². The molecule has 0 aliphatic carbocycles. The minimum atomic E-state index is -5.24. The minimum absolute atomic E-state index is 0. The normalized spacial score (nSPS) is 11.7. The number of carbonyl (C=O) groups is 3. The third-order valence-electron chi connectivity index (χ3n) is 5.96. The Bertz CT molecular complexity index is 680. The zero-order valence-electron chi connectivity index (χ0n) is 25.5. The van der Waals surface area contributed by atoms with Crippen molar-refractivity contribution in [2.24, 2.45) is 0 Å². The van der Waals surface area contributed by atoms with Gasteiger partial charge in [-0.15, -0.1) is 0 Å². The minimum Gasteiger partial charge on any atom is -0.790 e. The molecule has 0 radical (unpaired) electrons. The standard InChI is InChI=1S/C27H51O9PS.2Na/c1-3-4-5-6-7-10-14-17-20-27(30)36-25(23-35-37(31,32)33)22-34-26(29)19-16-13-11-8-9-12-15-18-21-38-24(2)28;;/h25H,3-23H2,1-2H3,(H2,31,32,33);;/q;2*+1/p-2/t25-;;/m0../s1. The fourth-order valence-electron chi connectivity index (χ4n) is 3.84. The van der Waals surface area contributed by atoms with E-state index in [9.17, 15) is 28.7 Å². The molecule has 0 unspecified atom stereocenters. The number of hydrogen-bond donors (Lipinski definition) is 0. The summed E-state index contributed by atoms with van der Waals surface area (Å²) in [5, 5.41) is 0.165. The first kappa shape index (κ1) is 45.5. The first-order chi connectivity index (χ1) is 18.1. The Morgan fingerprint density at radius 2 is 1.15 bits per heavy atom. The summed E-state index contributed by atoms with van der Waals surface area (Å²) in [6.45, 7) is 2.73. The maximum atomic E-state index is 12.1. The molecule has 0 aromatic heterocycles. The summed E-state index contributed by atoms with van der Waals surface area (Å²) in [7, 11) is -5.24.